The summed E-state index contributed by atoms with van der Waals surface area (Å²) in [5.74, 6) is 1.20. The molecule has 0 saturated heterocycles. The van der Waals surface area contributed by atoms with Gasteiger partial charge in [-0.05, 0) is 24.1 Å². The highest BCUT2D eigenvalue weighted by Crippen LogP contribution is 2.06. The monoisotopic (exact) mass is 330 g/mol. The van der Waals surface area contributed by atoms with Gasteiger partial charge in [0, 0.05) is 20.6 Å². The average molecular weight is 330 g/mol. The van der Waals surface area contributed by atoms with E-state index in [2.05, 4.69) is 30.4 Å². The summed E-state index contributed by atoms with van der Waals surface area (Å²) < 4.78 is 6.39. The molecule has 2 N–H and O–H groups in total. The minimum atomic E-state index is -0.326. The number of aryl methyl sites for hydroxylation is 1. The predicted octanol–water partition coefficient (Wildman–Crippen LogP) is 0.509. The highest BCUT2D eigenvalue weighted by Gasteiger charge is 2.05. The lowest BCUT2D eigenvalue weighted by molar-refractivity contribution is 0.0600. The van der Waals surface area contributed by atoms with Crippen molar-refractivity contribution in [2.24, 2.45) is 12.0 Å². The van der Waals surface area contributed by atoms with Gasteiger partial charge in [0.15, 0.2) is 5.96 Å². The van der Waals surface area contributed by atoms with Gasteiger partial charge in [0.1, 0.15) is 12.2 Å². The first-order valence-electron chi connectivity index (χ1n) is 7.58. The van der Waals surface area contributed by atoms with E-state index >= 15 is 0 Å². The summed E-state index contributed by atoms with van der Waals surface area (Å²) in [4.78, 5) is 19.7. The number of ether oxygens (including phenoxy) is 1. The largest absolute Gasteiger partial charge is 0.465 e. The van der Waals surface area contributed by atoms with Crippen molar-refractivity contribution in [1.29, 1.82) is 0 Å². The number of esters is 1. The van der Waals surface area contributed by atoms with Crippen molar-refractivity contribution in [3.05, 3.63) is 47.5 Å². The molecule has 128 valence electrons. The molecule has 0 aliphatic heterocycles. The van der Waals surface area contributed by atoms with Gasteiger partial charge in [-0.15, -0.1) is 0 Å². The van der Waals surface area contributed by atoms with Gasteiger partial charge < -0.3 is 15.4 Å². The Kier molecular flexibility index (Phi) is 6.30. The normalized spacial score (nSPS) is 11.2. The van der Waals surface area contributed by atoms with Crippen LogP contribution in [0.3, 0.4) is 0 Å². The maximum Gasteiger partial charge on any atom is 0.337 e. The van der Waals surface area contributed by atoms with Gasteiger partial charge in [-0.3, -0.25) is 9.67 Å². The zero-order chi connectivity index (χ0) is 17.4. The molecule has 8 nitrogen and oxygen atoms in total. The van der Waals surface area contributed by atoms with Crippen molar-refractivity contribution in [2.75, 3.05) is 20.7 Å². The summed E-state index contributed by atoms with van der Waals surface area (Å²) in [5, 5.41) is 10.4. The first-order valence-corrected chi connectivity index (χ1v) is 7.58. The maximum absolute atomic E-state index is 11.4. The molecule has 0 fully saturated rings. The lowest BCUT2D eigenvalue weighted by Crippen LogP contribution is -2.38. The summed E-state index contributed by atoms with van der Waals surface area (Å²) in [6.45, 7) is 1.26. The van der Waals surface area contributed by atoms with E-state index in [-0.39, 0.29) is 5.97 Å². The number of nitrogens with one attached hydrogen (secondary N) is 2. The predicted molar refractivity (Wildman–Crippen MR) is 90.7 cm³/mol. The quantitative estimate of drug-likeness (QED) is 0.455. The van der Waals surface area contributed by atoms with E-state index in [4.69, 9.17) is 0 Å². The number of nitrogens with zero attached hydrogens (tertiary/aromatic N) is 4. The Labute approximate surface area is 141 Å². The van der Waals surface area contributed by atoms with Crippen LogP contribution in [0, 0.1) is 0 Å². The maximum atomic E-state index is 11.4. The van der Waals surface area contributed by atoms with Gasteiger partial charge in [0.25, 0.3) is 0 Å². The number of aromatic nitrogens is 3. The summed E-state index contributed by atoms with van der Waals surface area (Å²) >= 11 is 0. The minimum absolute atomic E-state index is 0.326. The molecule has 1 aromatic carbocycles. The van der Waals surface area contributed by atoms with Gasteiger partial charge in [-0.1, -0.05) is 12.1 Å². The molecule has 0 aliphatic rings. The molecule has 1 aromatic heterocycles. The van der Waals surface area contributed by atoms with Crippen LogP contribution in [-0.4, -0.2) is 47.4 Å². The van der Waals surface area contributed by atoms with E-state index in [1.54, 1.807) is 23.9 Å². The molecule has 0 bridgehead atoms. The molecule has 0 aliphatic carbocycles. The molecule has 0 spiro atoms. The highest BCUT2D eigenvalue weighted by molar-refractivity contribution is 5.89. The minimum Gasteiger partial charge on any atom is -0.465 e. The highest BCUT2D eigenvalue weighted by atomic mass is 16.5. The second kappa shape index (κ2) is 8.66. The Bertz CT molecular complexity index is 693. The molecule has 0 saturated carbocycles. The molecular weight excluding hydrogens is 308 g/mol. The summed E-state index contributed by atoms with van der Waals surface area (Å²) in [5.41, 5.74) is 1.68. The fourth-order valence-electron chi connectivity index (χ4n) is 2.11. The summed E-state index contributed by atoms with van der Waals surface area (Å²) in [7, 11) is 4.94. The number of rotatable bonds is 6. The third-order valence-corrected chi connectivity index (χ3v) is 3.52. The van der Waals surface area contributed by atoms with Gasteiger partial charge >= 0.3 is 5.97 Å². The van der Waals surface area contributed by atoms with Gasteiger partial charge in [-0.25, -0.2) is 9.78 Å². The van der Waals surface area contributed by atoms with Crippen LogP contribution in [0.15, 0.2) is 35.6 Å². The number of carbonyl (C=O) groups is 1. The van der Waals surface area contributed by atoms with Crippen LogP contribution in [0.2, 0.25) is 0 Å². The first-order chi connectivity index (χ1) is 11.6. The number of hydrogen-bond acceptors (Lipinski definition) is 5. The number of benzene rings is 1. The molecule has 0 amide bonds. The molecule has 0 atom stereocenters. The number of aliphatic imine (C=N–C) groups is 1. The van der Waals surface area contributed by atoms with Crippen molar-refractivity contribution in [3.8, 4) is 0 Å². The fraction of sp³-hybridized carbons (Fsp3) is 0.375. The Morgan fingerprint density at radius 3 is 2.62 bits per heavy atom. The number of hydrogen-bond donors (Lipinski definition) is 2. The van der Waals surface area contributed by atoms with E-state index in [9.17, 15) is 4.79 Å². The number of guanidine groups is 1. The van der Waals surface area contributed by atoms with Crippen LogP contribution in [0.4, 0.5) is 0 Å². The third-order valence-electron chi connectivity index (χ3n) is 3.52. The van der Waals surface area contributed by atoms with E-state index in [0.717, 1.165) is 24.4 Å². The Balaban J connectivity index is 1.77. The Morgan fingerprint density at radius 1 is 1.29 bits per heavy atom. The van der Waals surface area contributed by atoms with E-state index in [1.807, 2.05) is 19.2 Å². The SMILES string of the molecule is CN=C(NCCc1ccc(C(=O)OC)cc1)NCc1ncnn1C. The molecule has 24 heavy (non-hydrogen) atoms. The van der Waals surface area contributed by atoms with Crippen LogP contribution in [0.5, 0.6) is 0 Å². The van der Waals surface area contributed by atoms with Crippen LogP contribution < -0.4 is 10.6 Å². The second-order valence-corrected chi connectivity index (χ2v) is 5.09. The first kappa shape index (κ1) is 17.5. The summed E-state index contributed by atoms with van der Waals surface area (Å²) in [6.07, 6.45) is 2.33. The lowest BCUT2D eigenvalue weighted by Gasteiger charge is -2.11. The van der Waals surface area contributed by atoms with E-state index < -0.39 is 0 Å². The molecule has 0 radical (unpaired) electrons. The topological polar surface area (TPSA) is 93.4 Å². The lowest BCUT2D eigenvalue weighted by atomic mass is 10.1. The van der Waals surface area contributed by atoms with Crippen molar-refractivity contribution >= 4 is 11.9 Å². The Morgan fingerprint density at radius 2 is 2.04 bits per heavy atom. The van der Waals surface area contributed by atoms with E-state index in [1.165, 1.54) is 13.4 Å². The zero-order valence-corrected chi connectivity index (χ0v) is 14.1. The average Bonchev–Trinajstić information content (AvgIpc) is 3.02. The van der Waals surface area contributed by atoms with Crippen LogP contribution in [0.1, 0.15) is 21.7 Å². The van der Waals surface area contributed by atoms with Crippen LogP contribution in [0.25, 0.3) is 0 Å². The van der Waals surface area contributed by atoms with Crippen molar-refractivity contribution in [1.82, 2.24) is 25.4 Å². The number of methoxy groups -OCH3 is 1. The van der Waals surface area contributed by atoms with Gasteiger partial charge in [0.05, 0.1) is 19.2 Å². The number of carbonyl (C=O) groups excluding carboxylic acids is 1. The standard InChI is InChI=1S/C16H22N6O2/c1-17-16(19-10-14-20-11-21-22(14)2)18-9-8-12-4-6-13(7-5-12)15(23)24-3/h4-7,11H,8-10H2,1-3H3,(H2,17,18,19). The van der Waals surface area contributed by atoms with E-state index in [0.29, 0.717) is 18.1 Å². The van der Waals surface area contributed by atoms with Crippen molar-refractivity contribution in [2.45, 2.75) is 13.0 Å². The molecule has 8 heteroatoms. The second-order valence-electron chi connectivity index (χ2n) is 5.09. The third kappa shape index (κ3) is 4.80. The zero-order valence-electron chi connectivity index (χ0n) is 14.1. The fourth-order valence-corrected chi connectivity index (χ4v) is 2.11. The molecule has 2 rings (SSSR count). The van der Waals surface area contributed by atoms with Crippen molar-refractivity contribution in [3.63, 3.8) is 0 Å². The molecule has 2 aromatic rings. The van der Waals surface area contributed by atoms with Crippen LogP contribution >= 0.6 is 0 Å². The molecule has 1 heterocycles. The van der Waals surface area contributed by atoms with Gasteiger partial charge in [0.2, 0.25) is 0 Å². The molecule has 0 unspecified atom stereocenters. The van der Waals surface area contributed by atoms with Crippen molar-refractivity contribution < 1.29 is 9.53 Å². The summed E-state index contributed by atoms with van der Waals surface area (Å²) in [6, 6.07) is 7.37. The molecular formula is C16H22N6O2. The van der Waals surface area contributed by atoms with Gasteiger partial charge in [-0.2, -0.15) is 5.10 Å². The van der Waals surface area contributed by atoms with Crippen LogP contribution in [-0.2, 0) is 24.8 Å². The Hall–Kier alpha value is -2.90. The smallest absolute Gasteiger partial charge is 0.337 e.